The summed E-state index contributed by atoms with van der Waals surface area (Å²) in [5, 5.41) is 3.56. The van der Waals surface area contributed by atoms with Crippen molar-refractivity contribution in [1.82, 2.24) is 5.32 Å². The molecular weight excluding hydrogens is 310 g/mol. The van der Waals surface area contributed by atoms with Crippen LogP contribution < -0.4 is 5.32 Å². The van der Waals surface area contributed by atoms with Crippen molar-refractivity contribution in [3.8, 4) is 0 Å². The number of rotatable bonds is 8. The molecule has 3 heteroatoms. The first-order valence-corrected chi connectivity index (χ1v) is 9.55. The monoisotopic (exact) mass is 341 g/mol. The fourth-order valence-electron chi connectivity index (χ4n) is 3.93. The Hall–Kier alpha value is -1.58. The van der Waals surface area contributed by atoms with Gasteiger partial charge in [0.1, 0.15) is 5.76 Å². The zero-order valence-electron chi connectivity index (χ0n) is 15.5. The SMILES string of the molecule is CC(C)[C@H]1C[C@](CCNCc2ccco2)(Cc2ccccc2)CCO1. The highest BCUT2D eigenvalue weighted by molar-refractivity contribution is 5.17. The molecule has 1 N–H and O–H groups in total. The number of hydrogen-bond acceptors (Lipinski definition) is 3. The number of furan rings is 1. The first-order valence-electron chi connectivity index (χ1n) is 9.55. The molecule has 2 atom stereocenters. The number of benzene rings is 1. The van der Waals surface area contributed by atoms with Crippen molar-refractivity contribution in [3.63, 3.8) is 0 Å². The van der Waals surface area contributed by atoms with Gasteiger partial charge < -0.3 is 14.5 Å². The summed E-state index contributed by atoms with van der Waals surface area (Å²) in [4.78, 5) is 0. The van der Waals surface area contributed by atoms with E-state index in [1.807, 2.05) is 12.1 Å². The van der Waals surface area contributed by atoms with Gasteiger partial charge in [-0.1, -0.05) is 44.2 Å². The second-order valence-corrected chi connectivity index (χ2v) is 7.78. The maximum Gasteiger partial charge on any atom is 0.117 e. The number of nitrogens with one attached hydrogen (secondary N) is 1. The van der Waals surface area contributed by atoms with Crippen LogP contribution in [-0.2, 0) is 17.7 Å². The van der Waals surface area contributed by atoms with E-state index < -0.39 is 0 Å². The lowest BCUT2D eigenvalue weighted by atomic mass is 9.69. The molecule has 25 heavy (non-hydrogen) atoms. The molecule has 1 aliphatic heterocycles. The highest BCUT2D eigenvalue weighted by Crippen LogP contribution is 2.41. The Morgan fingerprint density at radius 3 is 2.72 bits per heavy atom. The van der Waals surface area contributed by atoms with Crippen molar-refractivity contribution in [3.05, 3.63) is 60.1 Å². The topological polar surface area (TPSA) is 34.4 Å². The Morgan fingerprint density at radius 2 is 2.00 bits per heavy atom. The molecule has 3 rings (SSSR count). The first kappa shape index (κ1) is 18.2. The van der Waals surface area contributed by atoms with Crippen molar-refractivity contribution in [2.24, 2.45) is 11.3 Å². The Labute approximate surface area is 151 Å². The molecule has 0 spiro atoms. The number of ether oxygens (including phenoxy) is 1. The molecule has 0 unspecified atom stereocenters. The quantitative estimate of drug-likeness (QED) is 0.699. The van der Waals surface area contributed by atoms with Crippen LogP contribution in [0, 0.1) is 11.3 Å². The van der Waals surface area contributed by atoms with Gasteiger partial charge in [0.2, 0.25) is 0 Å². The van der Waals surface area contributed by atoms with Crippen LogP contribution in [0.3, 0.4) is 0 Å². The zero-order chi connectivity index (χ0) is 17.5. The Balaban J connectivity index is 1.63. The van der Waals surface area contributed by atoms with Crippen LogP contribution in [-0.4, -0.2) is 19.3 Å². The van der Waals surface area contributed by atoms with E-state index >= 15 is 0 Å². The van der Waals surface area contributed by atoms with Crippen molar-refractivity contribution in [2.75, 3.05) is 13.2 Å². The normalized spacial score (nSPS) is 23.9. The third-order valence-electron chi connectivity index (χ3n) is 5.48. The Morgan fingerprint density at radius 1 is 1.16 bits per heavy atom. The van der Waals surface area contributed by atoms with E-state index in [-0.39, 0.29) is 0 Å². The lowest BCUT2D eigenvalue weighted by Crippen LogP contribution is -2.41. The summed E-state index contributed by atoms with van der Waals surface area (Å²) < 4.78 is 11.5. The van der Waals surface area contributed by atoms with Gasteiger partial charge in [0, 0.05) is 6.61 Å². The molecule has 136 valence electrons. The molecular formula is C22H31NO2. The minimum atomic E-state index is 0.324. The maximum atomic E-state index is 6.06. The summed E-state index contributed by atoms with van der Waals surface area (Å²) >= 11 is 0. The molecule has 0 aliphatic carbocycles. The van der Waals surface area contributed by atoms with Crippen LogP contribution in [0.25, 0.3) is 0 Å². The summed E-state index contributed by atoms with van der Waals surface area (Å²) in [5.41, 5.74) is 1.77. The second kappa shape index (κ2) is 8.68. The van der Waals surface area contributed by atoms with E-state index in [4.69, 9.17) is 9.15 Å². The number of hydrogen-bond donors (Lipinski definition) is 1. The van der Waals surface area contributed by atoms with E-state index in [9.17, 15) is 0 Å². The zero-order valence-corrected chi connectivity index (χ0v) is 15.5. The molecule has 2 aromatic rings. The van der Waals surface area contributed by atoms with Gasteiger partial charge in [-0.3, -0.25) is 0 Å². The summed E-state index contributed by atoms with van der Waals surface area (Å²) in [5.74, 6) is 1.58. The maximum absolute atomic E-state index is 6.06. The minimum Gasteiger partial charge on any atom is -0.468 e. The van der Waals surface area contributed by atoms with Gasteiger partial charge in [0.25, 0.3) is 0 Å². The smallest absolute Gasteiger partial charge is 0.117 e. The van der Waals surface area contributed by atoms with E-state index in [1.165, 1.54) is 12.0 Å². The highest BCUT2D eigenvalue weighted by atomic mass is 16.5. The van der Waals surface area contributed by atoms with Crippen LogP contribution in [0.1, 0.15) is 44.4 Å². The summed E-state index contributed by atoms with van der Waals surface area (Å²) in [7, 11) is 0. The molecule has 0 amide bonds. The predicted molar refractivity (Wildman–Crippen MR) is 101 cm³/mol. The predicted octanol–water partition coefficient (Wildman–Crippen LogP) is 4.82. The summed E-state index contributed by atoms with van der Waals surface area (Å²) in [6.07, 6.45) is 6.73. The van der Waals surface area contributed by atoms with Gasteiger partial charge in [0.05, 0.1) is 18.9 Å². The van der Waals surface area contributed by atoms with Crippen molar-refractivity contribution in [1.29, 1.82) is 0 Å². The molecule has 0 saturated carbocycles. The van der Waals surface area contributed by atoms with Crippen LogP contribution in [0.5, 0.6) is 0 Å². The van der Waals surface area contributed by atoms with Crippen LogP contribution >= 0.6 is 0 Å². The average Bonchev–Trinajstić information content (AvgIpc) is 3.13. The highest BCUT2D eigenvalue weighted by Gasteiger charge is 2.37. The molecule has 2 heterocycles. The van der Waals surface area contributed by atoms with Crippen molar-refractivity contribution < 1.29 is 9.15 Å². The molecule has 1 saturated heterocycles. The van der Waals surface area contributed by atoms with Gasteiger partial charge in [0.15, 0.2) is 0 Å². The Bertz CT molecular complexity index is 608. The molecule has 1 aromatic carbocycles. The standard InChI is InChI=1S/C22H31NO2/c1-18(2)21-16-22(11-14-25-21,15-19-7-4-3-5-8-19)10-12-23-17-20-9-6-13-24-20/h3-9,13,18,21,23H,10-12,14-17H2,1-2H3/t21-,22+/m1/s1. The molecule has 0 radical (unpaired) electrons. The van der Waals surface area contributed by atoms with E-state index in [0.717, 1.165) is 44.7 Å². The lowest BCUT2D eigenvalue weighted by molar-refractivity contribution is -0.0720. The largest absolute Gasteiger partial charge is 0.468 e. The van der Waals surface area contributed by atoms with E-state index in [0.29, 0.717) is 17.4 Å². The molecule has 1 aromatic heterocycles. The van der Waals surface area contributed by atoms with Gasteiger partial charge in [-0.05, 0) is 61.3 Å². The minimum absolute atomic E-state index is 0.324. The average molecular weight is 341 g/mol. The van der Waals surface area contributed by atoms with E-state index in [1.54, 1.807) is 6.26 Å². The molecule has 3 nitrogen and oxygen atoms in total. The third-order valence-corrected chi connectivity index (χ3v) is 5.48. The van der Waals surface area contributed by atoms with Crippen LogP contribution in [0.2, 0.25) is 0 Å². The van der Waals surface area contributed by atoms with Crippen LogP contribution in [0.4, 0.5) is 0 Å². The second-order valence-electron chi connectivity index (χ2n) is 7.78. The van der Waals surface area contributed by atoms with Gasteiger partial charge in [-0.15, -0.1) is 0 Å². The van der Waals surface area contributed by atoms with Gasteiger partial charge in [-0.25, -0.2) is 0 Å². The van der Waals surface area contributed by atoms with Gasteiger partial charge >= 0.3 is 0 Å². The summed E-state index contributed by atoms with van der Waals surface area (Å²) in [6.45, 7) is 7.25. The van der Waals surface area contributed by atoms with Crippen molar-refractivity contribution in [2.45, 2.75) is 52.2 Å². The first-order chi connectivity index (χ1) is 12.2. The third kappa shape index (κ3) is 5.20. The molecule has 1 fully saturated rings. The fraction of sp³-hybridized carbons (Fsp3) is 0.545. The molecule has 0 bridgehead atoms. The van der Waals surface area contributed by atoms with Crippen molar-refractivity contribution >= 4 is 0 Å². The lowest BCUT2D eigenvalue weighted by Gasteiger charge is -2.43. The summed E-state index contributed by atoms with van der Waals surface area (Å²) in [6, 6.07) is 14.9. The Kier molecular flexibility index (Phi) is 6.33. The van der Waals surface area contributed by atoms with Crippen LogP contribution in [0.15, 0.2) is 53.1 Å². The fourth-order valence-corrected chi connectivity index (χ4v) is 3.93. The molecule has 1 aliphatic rings. The van der Waals surface area contributed by atoms with Gasteiger partial charge in [-0.2, -0.15) is 0 Å². The van der Waals surface area contributed by atoms with E-state index in [2.05, 4.69) is 49.5 Å².